The summed E-state index contributed by atoms with van der Waals surface area (Å²) < 4.78 is 46.0. The summed E-state index contributed by atoms with van der Waals surface area (Å²) in [4.78, 5) is 0.333. The van der Waals surface area contributed by atoms with Gasteiger partial charge in [-0.05, 0) is 49.9 Å². The molecule has 0 amide bonds. The molecule has 4 nitrogen and oxygen atoms in total. The predicted molar refractivity (Wildman–Crippen MR) is 94.6 cm³/mol. The van der Waals surface area contributed by atoms with E-state index in [0.29, 0.717) is 37.4 Å². The van der Waals surface area contributed by atoms with Crippen molar-refractivity contribution in [2.45, 2.75) is 24.7 Å². The summed E-state index contributed by atoms with van der Waals surface area (Å²) in [5.41, 5.74) is 1.03. The lowest BCUT2D eigenvalue weighted by Gasteiger charge is -2.31. The Kier molecular flexibility index (Phi) is 5.39. The largest absolute Gasteiger partial charge is 0.490 e. The van der Waals surface area contributed by atoms with E-state index in [0.717, 1.165) is 5.56 Å². The molecule has 3 rings (SSSR count). The Balaban J connectivity index is 1.56. The van der Waals surface area contributed by atoms with Gasteiger partial charge in [0, 0.05) is 13.1 Å². The van der Waals surface area contributed by atoms with E-state index in [-0.39, 0.29) is 17.5 Å². The van der Waals surface area contributed by atoms with Gasteiger partial charge in [0.1, 0.15) is 0 Å². The molecular formula is C19H22FNO3S. The van der Waals surface area contributed by atoms with Crippen molar-refractivity contribution in [1.82, 2.24) is 4.31 Å². The van der Waals surface area contributed by atoms with Crippen molar-refractivity contribution < 1.29 is 17.5 Å². The molecule has 25 heavy (non-hydrogen) atoms. The molecule has 0 bridgehead atoms. The van der Waals surface area contributed by atoms with Crippen molar-refractivity contribution in [2.24, 2.45) is 5.92 Å². The van der Waals surface area contributed by atoms with Crippen molar-refractivity contribution >= 4 is 10.0 Å². The van der Waals surface area contributed by atoms with Crippen LogP contribution in [0.1, 0.15) is 18.4 Å². The highest BCUT2D eigenvalue weighted by molar-refractivity contribution is 7.89. The first kappa shape index (κ1) is 17.9. The average molecular weight is 363 g/mol. The molecule has 1 saturated heterocycles. The summed E-state index contributed by atoms with van der Waals surface area (Å²) in [6, 6.07) is 13.2. The molecule has 0 aliphatic carbocycles. The van der Waals surface area contributed by atoms with Gasteiger partial charge in [0.05, 0.1) is 11.5 Å². The molecule has 0 aromatic heterocycles. The smallest absolute Gasteiger partial charge is 0.243 e. The van der Waals surface area contributed by atoms with Crippen LogP contribution in [-0.4, -0.2) is 32.4 Å². The molecule has 2 aromatic rings. The van der Waals surface area contributed by atoms with Gasteiger partial charge in [0.2, 0.25) is 10.0 Å². The van der Waals surface area contributed by atoms with Gasteiger partial charge < -0.3 is 4.74 Å². The van der Waals surface area contributed by atoms with Gasteiger partial charge in [-0.3, -0.25) is 0 Å². The molecule has 1 heterocycles. The molecule has 134 valence electrons. The van der Waals surface area contributed by atoms with Gasteiger partial charge in [0.15, 0.2) is 11.6 Å². The van der Waals surface area contributed by atoms with Crippen molar-refractivity contribution in [2.75, 3.05) is 19.7 Å². The highest BCUT2D eigenvalue weighted by atomic mass is 32.2. The maximum absolute atomic E-state index is 13.6. The van der Waals surface area contributed by atoms with E-state index in [9.17, 15) is 12.8 Å². The predicted octanol–water partition coefficient (Wildman–Crippen LogP) is 3.61. The molecule has 6 heteroatoms. The fourth-order valence-electron chi connectivity index (χ4n) is 2.95. The van der Waals surface area contributed by atoms with Crippen molar-refractivity contribution in [1.29, 1.82) is 0 Å². The fraction of sp³-hybridized carbons (Fsp3) is 0.368. The van der Waals surface area contributed by atoms with Crippen molar-refractivity contribution in [3.63, 3.8) is 0 Å². The van der Waals surface area contributed by atoms with Crippen LogP contribution in [0.5, 0.6) is 5.75 Å². The summed E-state index contributed by atoms with van der Waals surface area (Å²) in [6.45, 7) is 3.25. The van der Waals surface area contributed by atoms with Crippen LogP contribution >= 0.6 is 0 Å². The number of rotatable bonds is 5. The Morgan fingerprint density at radius 3 is 2.36 bits per heavy atom. The molecule has 2 aromatic carbocycles. The molecule has 0 radical (unpaired) electrons. The molecule has 0 atom stereocenters. The quantitative estimate of drug-likeness (QED) is 0.815. The Morgan fingerprint density at radius 2 is 1.72 bits per heavy atom. The molecule has 1 aliphatic heterocycles. The Bertz CT molecular complexity index is 813. The molecule has 1 fully saturated rings. The van der Waals surface area contributed by atoms with Crippen molar-refractivity contribution in [3.8, 4) is 5.75 Å². The fourth-order valence-corrected chi connectivity index (χ4v) is 4.41. The van der Waals surface area contributed by atoms with Gasteiger partial charge in [0.25, 0.3) is 0 Å². The number of sulfonamides is 1. The van der Waals surface area contributed by atoms with Gasteiger partial charge in [-0.15, -0.1) is 0 Å². The van der Waals surface area contributed by atoms with Crippen LogP contribution in [-0.2, 0) is 10.0 Å². The first-order valence-electron chi connectivity index (χ1n) is 8.41. The first-order chi connectivity index (χ1) is 12.0. The summed E-state index contributed by atoms with van der Waals surface area (Å²) >= 11 is 0. The van der Waals surface area contributed by atoms with E-state index in [1.807, 2.05) is 19.1 Å². The van der Waals surface area contributed by atoms with Crippen LogP contribution in [0.15, 0.2) is 53.4 Å². The van der Waals surface area contributed by atoms with E-state index in [2.05, 4.69) is 0 Å². The Hall–Kier alpha value is -1.92. The van der Waals surface area contributed by atoms with Gasteiger partial charge >= 0.3 is 0 Å². The summed E-state index contributed by atoms with van der Waals surface area (Å²) in [5.74, 6) is 0.100. The topological polar surface area (TPSA) is 46.6 Å². The summed E-state index contributed by atoms with van der Waals surface area (Å²) in [7, 11) is -3.44. The van der Waals surface area contributed by atoms with Crippen LogP contribution in [0.25, 0.3) is 0 Å². The minimum atomic E-state index is -3.44. The minimum Gasteiger partial charge on any atom is -0.490 e. The average Bonchev–Trinajstić information content (AvgIpc) is 2.62. The second kappa shape index (κ2) is 7.54. The minimum absolute atomic E-state index is 0.226. The van der Waals surface area contributed by atoms with Crippen LogP contribution in [0.2, 0.25) is 0 Å². The Morgan fingerprint density at radius 1 is 1.08 bits per heavy atom. The maximum atomic E-state index is 13.6. The maximum Gasteiger partial charge on any atom is 0.243 e. The van der Waals surface area contributed by atoms with Gasteiger partial charge in [-0.2, -0.15) is 4.31 Å². The molecule has 1 aliphatic rings. The van der Waals surface area contributed by atoms with E-state index >= 15 is 0 Å². The third kappa shape index (κ3) is 4.19. The number of ether oxygens (including phenoxy) is 1. The second-order valence-corrected chi connectivity index (χ2v) is 8.34. The number of hydrogen-bond donors (Lipinski definition) is 0. The molecular weight excluding hydrogens is 341 g/mol. The first-order valence-corrected chi connectivity index (χ1v) is 9.85. The lowest BCUT2D eigenvalue weighted by Crippen LogP contribution is -2.39. The number of benzene rings is 2. The number of nitrogens with zero attached hydrogens (tertiary/aromatic N) is 1. The zero-order valence-corrected chi connectivity index (χ0v) is 15.0. The number of halogens is 1. The number of aryl methyl sites for hydroxylation is 1. The van der Waals surface area contributed by atoms with E-state index in [1.165, 1.54) is 10.4 Å². The second-order valence-electron chi connectivity index (χ2n) is 6.40. The molecule has 0 N–H and O–H groups in total. The normalized spacial score (nSPS) is 16.7. The van der Waals surface area contributed by atoms with Crippen LogP contribution in [0, 0.1) is 18.7 Å². The van der Waals surface area contributed by atoms with E-state index in [1.54, 1.807) is 30.3 Å². The summed E-state index contributed by atoms with van der Waals surface area (Å²) in [5, 5.41) is 0. The standard InChI is InChI=1S/C19H22FNO3S/c1-15-6-8-17(9-7-15)25(22,23)21-12-10-16(11-13-21)14-24-19-5-3-2-4-18(19)20/h2-9,16H,10-14H2,1H3. The highest BCUT2D eigenvalue weighted by Gasteiger charge is 2.29. The number of para-hydroxylation sites is 1. The van der Waals surface area contributed by atoms with Crippen LogP contribution < -0.4 is 4.74 Å². The van der Waals surface area contributed by atoms with Crippen molar-refractivity contribution in [3.05, 3.63) is 59.9 Å². The monoisotopic (exact) mass is 363 g/mol. The lowest BCUT2D eigenvalue weighted by atomic mass is 9.99. The van der Waals surface area contributed by atoms with Crippen LogP contribution in [0.4, 0.5) is 4.39 Å². The SMILES string of the molecule is Cc1ccc(S(=O)(=O)N2CCC(COc3ccccc3F)CC2)cc1. The lowest BCUT2D eigenvalue weighted by molar-refractivity contribution is 0.181. The highest BCUT2D eigenvalue weighted by Crippen LogP contribution is 2.25. The third-order valence-corrected chi connectivity index (χ3v) is 6.46. The Labute approximate surface area is 148 Å². The zero-order chi connectivity index (χ0) is 17.9. The molecule has 0 saturated carbocycles. The zero-order valence-electron chi connectivity index (χ0n) is 14.2. The number of piperidine rings is 1. The van der Waals surface area contributed by atoms with E-state index in [4.69, 9.17) is 4.74 Å². The van der Waals surface area contributed by atoms with Gasteiger partial charge in [-0.1, -0.05) is 29.8 Å². The van der Waals surface area contributed by atoms with E-state index < -0.39 is 10.0 Å². The third-order valence-electron chi connectivity index (χ3n) is 4.54. The molecule has 0 unspecified atom stereocenters. The van der Waals surface area contributed by atoms with Crippen LogP contribution in [0.3, 0.4) is 0 Å². The summed E-state index contributed by atoms with van der Waals surface area (Å²) in [6.07, 6.45) is 1.42. The number of hydrogen-bond acceptors (Lipinski definition) is 3. The van der Waals surface area contributed by atoms with Gasteiger partial charge in [-0.25, -0.2) is 12.8 Å². The molecule has 0 spiro atoms.